The van der Waals surface area contributed by atoms with Crippen LogP contribution in [0, 0.1) is 0 Å². The molecule has 6 atom stereocenters. The van der Waals surface area contributed by atoms with Gasteiger partial charge >= 0.3 is 5.97 Å². The molecule has 0 aliphatic heterocycles. The third kappa shape index (κ3) is 9.71. The summed E-state index contributed by atoms with van der Waals surface area (Å²) in [7, 11) is 0. The maximum Gasteiger partial charge on any atom is 0.305 e. The number of carbonyl (C=O) groups is 3. The standard InChI is InChI=1S/C22H35N3O9/c1-22(2,3)34-11-13(23)20(32)25-15(10-26)17(29)18(30)19(31)21(33)24-14(9-16(27)28)12-7-5-4-6-8-12/h4-8,13-15,17-19,26,29-31H,9-11,23H2,1-3H3,(H,24,33)(H,25,32)(H,27,28)/t13-,14-,15-,17+,18+,19-/m0/s1. The molecule has 2 amide bonds. The van der Waals surface area contributed by atoms with Crippen molar-refractivity contribution < 1.29 is 44.7 Å². The number of nitrogens with one attached hydrogen (secondary N) is 2. The number of hydrogen-bond donors (Lipinski definition) is 8. The second-order valence-corrected chi connectivity index (χ2v) is 8.82. The number of nitrogens with two attached hydrogens (primary N) is 1. The molecule has 0 aromatic heterocycles. The van der Waals surface area contributed by atoms with Crippen molar-refractivity contribution in [3.05, 3.63) is 35.9 Å². The van der Waals surface area contributed by atoms with Crippen molar-refractivity contribution in [2.24, 2.45) is 5.73 Å². The molecule has 1 aromatic carbocycles. The Morgan fingerprint density at radius 1 is 1.00 bits per heavy atom. The molecule has 34 heavy (non-hydrogen) atoms. The quantitative estimate of drug-likeness (QED) is 0.154. The Hall–Kier alpha value is -2.61. The molecule has 1 aromatic rings. The first-order chi connectivity index (χ1) is 15.8. The average molecular weight is 486 g/mol. The largest absolute Gasteiger partial charge is 0.481 e. The van der Waals surface area contributed by atoms with E-state index in [1.54, 1.807) is 51.1 Å². The van der Waals surface area contributed by atoms with E-state index in [-0.39, 0.29) is 6.61 Å². The van der Waals surface area contributed by atoms with E-state index in [0.717, 1.165) is 0 Å². The zero-order valence-electron chi connectivity index (χ0n) is 19.4. The highest BCUT2D eigenvalue weighted by molar-refractivity contribution is 5.83. The number of aliphatic hydroxyl groups is 4. The van der Waals surface area contributed by atoms with E-state index in [0.29, 0.717) is 5.56 Å². The first-order valence-electron chi connectivity index (χ1n) is 10.7. The van der Waals surface area contributed by atoms with E-state index in [1.807, 2.05) is 0 Å². The summed E-state index contributed by atoms with van der Waals surface area (Å²) in [6, 6.07) is 4.50. The summed E-state index contributed by atoms with van der Waals surface area (Å²) in [5.74, 6) is -3.15. The first-order valence-corrected chi connectivity index (χ1v) is 10.7. The molecular formula is C22H35N3O9. The fourth-order valence-corrected chi connectivity index (χ4v) is 2.89. The molecule has 0 aliphatic rings. The molecule has 192 valence electrons. The molecule has 12 nitrogen and oxygen atoms in total. The van der Waals surface area contributed by atoms with Crippen LogP contribution in [0.1, 0.15) is 38.8 Å². The SMILES string of the molecule is CC(C)(C)OC[C@H](N)C(=O)N[C@@H](CO)[C@@H](O)[C@@H](O)[C@H](O)C(=O)N[C@@H](CC(=O)O)c1ccccc1. The lowest BCUT2D eigenvalue weighted by atomic mass is 9.99. The molecule has 0 fully saturated rings. The molecule has 0 radical (unpaired) electrons. The first kappa shape index (κ1) is 29.4. The van der Waals surface area contributed by atoms with Crippen LogP contribution in [0.15, 0.2) is 30.3 Å². The van der Waals surface area contributed by atoms with Crippen LogP contribution in [0.25, 0.3) is 0 Å². The summed E-state index contributed by atoms with van der Waals surface area (Å²) in [4.78, 5) is 35.9. The van der Waals surface area contributed by atoms with Gasteiger partial charge in [0.25, 0.3) is 5.91 Å². The Labute approximate surface area is 197 Å². The van der Waals surface area contributed by atoms with Gasteiger partial charge in [-0.05, 0) is 26.3 Å². The number of carbonyl (C=O) groups excluding carboxylic acids is 2. The van der Waals surface area contributed by atoms with E-state index < -0.39 is 72.8 Å². The monoisotopic (exact) mass is 485 g/mol. The van der Waals surface area contributed by atoms with Crippen LogP contribution < -0.4 is 16.4 Å². The Bertz CT molecular complexity index is 801. The van der Waals surface area contributed by atoms with Gasteiger partial charge in [-0.25, -0.2) is 0 Å². The minimum Gasteiger partial charge on any atom is -0.481 e. The van der Waals surface area contributed by atoms with Crippen LogP contribution in [0.3, 0.4) is 0 Å². The van der Waals surface area contributed by atoms with Crippen LogP contribution in [0.2, 0.25) is 0 Å². The molecule has 0 spiro atoms. The molecule has 0 saturated carbocycles. The van der Waals surface area contributed by atoms with Crippen molar-refractivity contribution in [3.8, 4) is 0 Å². The summed E-state index contributed by atoms with van der Waals surface area (Å²) in [5.41, 5.74) is 5.63. The molecule has 9 N–H and O–H groups in total. The van der Waals surface area contributed by atoms with Gasteiger partial charge in [0.2, 0.25) is 5.91 Å². The molecule has 0 saturated heterocycles. The van der Waals surface area contributed by atoms with E-state index in [2.05, 4.69) is 10.6 Å². The maximum atomic E-state index is 12.5. The maximum absolute atomic E-state index is 12.5. The third-order valence-corrected chi connectivity index (χ3v) is 4.81. The van der Waals surface area contributed by atoms with E-state index >= 15 is 0 Å². The Balaban J connectivity index is 2.80. The van der Waals surface area contributed by atoms with E-state index in [1.165, 1.54) is 0 Å². The fourth-order valence-electron chi connectivity index (χ4n) is 2.89. The van der Waals surface area contributed by atoms with Crippen molar-refractivity contribution >= 4 is 17.8 Å². The predicted octanol–water partition coefficient (Wildman–Crippen LogP) is -1.98. The number of carboxylic acid groups (broad SMARTS) is 1. The van der Waals surface area contributed by atoms with Crippen LogP contribution in [0.5, 0.6) is 0 Å². The lowest BCUT2D eigenvalue weighted by molar-refractivity contribution is -0.145. The van der Waals surface area contributed by atoms with Gasteiger partial charge in [0.1, 0.15) is 18.2 Å². The number of aliphatic carboxylic acids is 1. The number of ether oxygens (including phenoxy) is 1. The number of rotatable bonds is 13. The summed E-state index contributed by atoms with van der Waals surface area (Å²) in [6.45, 7) is 4.30. The van der Waals surface area contributed by atoms with Crippen molar-refractivity contribution in [2.75, 3.05) is 13.2 Å². The smallest absolute Gasteiger partial charge is 0.305 e. The second kappa shape index (κ2) is 13.3. The third-order valence-electron chi connectivity index (χ3n) is 4.81. The minimum atomic E-state index is -2.20. The zero-order chi connectivity index (χ0) is 26.1. The average Bonchev–Trinajstić information content (AvgIpc) is 2.78. The van der Waals surface area contributed by atoms with Gasteiger partial charge in [-0.3, -0.25) is 14.4 Å². The molecule has 0 unspecified atom stereocenters. The molecule has 0 bridgehead atoms. The number of carboxylic acids is 1. The van der Waals surface area contributed by atoms with Gasteiger partial charge in [0.15, 0.2) is 6.10 Å². The predicted molar refractivity (Wildman–Crippen MR) is 120 cm³/mol. The van der Waals surface area contributed by atoms with Crippen molar-refractivity contribution in [1.82, 2.24) is 10.6 Å². The zero-order valence-corrected chi connectivity index (χ0v) is 19.4. The Morgan fingerprint density at radius 3 is 2.09 bits per heavy atom. The molecule has 0 heterocycles. The number of aliphatic hydroxyl groups excluding tert-OH is 4. The van der Waals surface area contributed by atoms with E-state index in [4.69, 9.17) is 15.6 Å². The number of hydrogen-bond acceptors (Lipinski definition) is 9. The van der Waals surface area contributed by atoms with Crippen molar-refractivity contribution in [1.29, 1.82) is 0 Å². The Kier molecular flexibility index (Phi) is 11.5. The second-order valence-electron chi connectivity index (χ2n) is 8.82. The highest BCUT2D eigenvalue weighted by Crippen LogP contribution is 2.17. The lowest BCUT2D eigenvalue weighted by Gasteiger charge is -2.30. The highest BCUT2D eigenvalue weighted by Gasteiger charge is 2.37. The normalized spacial score (nSPS) is 17.1. The van der Waals surface area contributed by atoms with Gasteiger partial charge in [-0.1, -0.05) is 30.3 Å². The Morgan fingerprint density at radius 2 is 1.59 bits per heavy atom. The van der Waals surface area contributed by atoms with Crippen LogP contribution >= 0.6 is 0 Å². The van der Waals surface area contributed by atoms with Crippen LogP contribution in [-0.4, -0.2) is 92.5 Å². The summed E-state index contributed by atoms with van der Waals surface area (Å²) >= 11 is 0. The van der Waals surface area contributed by atoms with Gasteiger partial charge in [0, 0.05) is 0 Å². The lowest BCUT2D eigenvalue weighted by Crippen LogP contribution is -2.59. The number of amides is 2. The van der Waals surface area contributed by atoms with Crippen molar-refractivity contribution in [3.63, 3.8) is 0 Å². The molecule has 1 rings (SSSR count). The van der Waals surface area contributed by atoms with Gasteiger partial charge in [-0.15, -0.1) is 0 Å². The molecule has 0 aliphatic carbocycles. The summed E-state index contributed by atoms with van der Waals surface area (Å²) < 4.78 is 5.41. The van der Waals surface area contributed by atoms with Crippen LogP contribution in [-0.2, 0) is 19.1 Å². The topological polar surface area (TPSA) is 212 Å². The fraction of sp³-hybridized carbons (Fsp3) is 0.591. The molecule has 12 heteroatoms. The van der Waals surface area contributed by atoms with Crippen molar-refractivity contribution in [2.45, 2.75) is 69.2 Å². The summed E-state index contributed by atoms with van der Waals surface area (Å²) in [6.07, 6.45) is -6.77. The highest BCUT2D eigenvalue weighted by atomic mass is 16.5. The van der Waals surface area contributed by atoms with Gasteiger partial charge < -0.3 is 46.6 Å². The van der Waals surface area contributed by atoms with Gasteiger partial charge in [0.05, 0.1) is 37.3 Å². The number of benzene rings is 1. The summed E-state index contributed by atoms with van der Waals surface area (Å²) in [5, 5.41) is 54.1. The minimum absolute atomic E-state index is 0.151. The van der Waals surface area contributed by atoms with E-state index in [9.17, 15) is 34.8 Å². The van der Waals surface area contributed by atoms with Gasteiger partial charge in [-0.2, -0.15) is 0 Å². The van der Waals surface area contributed by atoms with Crippen LogP contribution in [0.4, 0.5) is 0 Å². The molecular weight excluding hydrogens is 450 g/mol.